The summed E-state index contributed by atoms with van der Waals surface area (Å²) in [6, 6.07) is 10.7. The number of hydrogen-bond acceptors (Lipinski definition) is 6. The molecule has 1 aromatic heterocycles. The molecule has 0 bridgehead atoms. The topological polar surface area (TPSA) is 139 Å². The number of fused-ring (bicyclic) bond motifs is 1. The van der Waals surface area contributed by atoms with E-state index in [1.807, 2.05) is 0 Å². The Hall–Kier alpha value is -3.57. The quantitative estimate of drug-likeness (QED) is 0.486. The van der Waals surface area contributed by atoms with Gasteiger partial charge in [-0.05, 0) is 43.5 Å². The van der Waals surface area contributed by atoms with E-state index in [1.54, 1.807) is 31.2 Å². The number of amides is 2. The van der Waals surface area contributed by atoms with Crippen LogP contribution in [0, 0.1) is 6.92 Å². The molecule has 3 N–H and O–H groups in total. The molecule has 1 saturated carbocycles. The lowest BCUT2D eigenvalue weighted by molar-refractivity contribution is 0.0843. The Morgan fingerprint density at radius 3 is 2.38 bits per heavy atom. The molecule has 0 aliphatic heterocycles. The van der Waals surface area contributed by atoms with Crippen LogP contribution in [0.25, 0.3) is 10.8 Å². The molecule has 4 rings (SSSR count). The summed E-state index contributed by atoms with van der Waals surface area (Å²) in [6.07, 6.45) is 1.58. The van der Waals surface area contributed by atoms with Gasteiger partial charge in [-0.3, -0.25) is 25.2 Å². The Labute approximate surface area is 183 Å². The molecule has 0 spiro atoms. The normalized spacial score (nSPS) is 13.7. The predicted octanol–water partition coefficient (Wildman–Crippen LogP) is 0.757. The minimum Gasteiger partial charge on any atom is -0.267 e. The van der Waals surface area contributed by atoms with Crippen LogP contribution in [0.4, 0.5) is 0 Å². The van der Waals surface area contributed by atoms with Crippen molar-refractivity contribution in [2.45, 2.75) is 30.7 Å². The number of benzene rings is 2. The molecule has 32 heavy (non-hydrogen) atoms. The molecule has 0 atom stereocenters. The van der Waals surface area contributed by atoms with Crippen LogP contribution in [0.1, 0.15) is 39.3 Å². The van der Waals surface area contributed by atoms with Gasteiger partial charge in [0.05, 0.1) is 10.3 Å². The predicted molar refractivity (Wildman–Crippen MR) is 116 cm³/mol. The summed E-state index contributed by atoms with van der Waals surface area (Å²) in [6.45, 7) is 1.66. The van der Waals surface area contributed by atoms with Gasteiger partial charge in [-0.25, -0.2) is 17.8 Å². The SMILES string of the molecule is Cc1ccc(S(=O)(=O)NC2CC2)cc1C(=O)NNC(=O)c1nn(C)c(=O)c2ccccc12. The van der Waals surface area contributed by atoms with Crippen molar-refractivity contribution in [1.29, 1.82) is 0 Å². The highest BCUT2D eigenvalue weighted by molar-refractivity contribution is 7.89. The second kappa shape index (κ2) is 8.17. The highest BCUT2D eigenvalue weighted by Crippen LogP contribution is 2.23. The first-order chi connectivity index (χ1) is 15.2. The molecule has 0 radical (unpaired) electrons. The zero-order valence-corrected chi connectivity index (χ0v) is 18.2. The summed E-state index contributed by atoms with van der Waals surface area (Å²) in [7, 11) is -2.31. The first kappa shape index (κ1) is 21.7. The fraction of sp³-hybridized carbons (Fsp3) is 0.238. The molecule has 3 aromatic rings. The third kappa shape index (κ3) is 4.25. The number of carbonyl (C=O) groups is 2. The molecule has 1 fully saturated rings. The molecule has 2 amide bonds. The van der Waals surface area contributed by atoms with Gasteiger partial charge in [0.25, 0.3) is 17.4 Å². The van der Waals surface area contributed by atoms with Crippen molar-refractivity contribution < 1.29 is 18.0 Å². The lowest BCUT2D eigenvalue weighted by Crippen LogP contribution is -2.43. The molecular formula is C21H21N5O5S. The molecule has 1 heterocycles. The third-order valence-electron chi connectivity index (χ3n) is 5.12. The Balaban J connectivity index is 1.55. The van der Waals surface area contributed by atoms with Gasteiger partial charge in [-0.15, -0.1) is 0 Å². The van der Waals surface area contributed by atoms with Gasteiger partial charge in [0.1, 0.15) is 0 Å². The number of aromatic nitrogens is 2. The number of aryl methyl sites for hydroxylation is 2. The highest BCUT2D eigenvalue weighted by Gasteiger charge is 2.28. The Morgan fingerprint density at radius 1 is 1.03 bits per heavy atom. The number of hydrazine groups is 1. The Bertz CT molecular complexity index is 1410. The number of hydrogen-bond donors (Lipinski definition) is 3. The van der Waals surface area contributed by atoms with Gasteiger partial charge in [0.15, 0.2) is 5.69 Å². The van der Waals surface area contributed by atoms with E-state index < -0.39 is 21.8 Å². The molecule has 10 nitrogen and oxygen atoms in total. The Morgan fingerprint density at radius 2 is 1.69 bits per heavy atom. The van der Waals surface area contributed by atoms with Crippen LogP contribution < -0.4 is 21.1 Å². The summed E-state index contributed by atoms with van der Waals surface area (Å²) in [4.78, 5) is 37.6. The van der Waals surface area contributed by atoms with E-state index >= 15 is 0 Å². The van der Waals surface area contributed by atoms with Gasteiger partial charge in [0.2, 0.25) is 10.0 Å². The van der Waals surface area contributed by atoms with Gasteiger partial charge >= 0.3 is 0 Å². The van der Waals surface area contributed by atoms with Crippen LogP contribution >= 0.6 is 0 Å². The zero-order valence-electron chi connectivity index (χ0n) is 17.4. The molecule has 166 valence electrons. The van der Waals surface area contributed by atoms with E-state index in [-0.39, 0.29) is 27.8 Å². The fourth-order valence-electron chi connectivity index (χ4n) is 3.21. The van der Waals surface area contributed by atoms with Crippen molar-refractivity contribution >= 4 is 32.6 Å². The lowest BCUT2D eigenvalue weighted by Gasteiger charge is -2.12. The third-order valence-corrected chi connectivity index (χ3v) is 6.64. The highest BCUT2D eigenvalue weighted by atomic mass is 32.2. The molecule has 1 aliphatic carbocycles. The number of sulfonamides is 1. The minimum absolute atomic E-state index is 0.0304. The van der Waals surface area contributed by atoms with E-state index in [1.165, 1.54) is 25.2 Å². The molecule has 1 aliphatic rings. The van der Waals surface area contributed by atoms with E-state index in [0.29, 0.717) is 16.3 Å². The monoisotopic (exact) mass is 455 g/mol. The largest absolute Gasteiger partial charge is 0.290 e. The van der Waals surface area contributed by atoms with Crippen LogP contribution in [0.15, 0.2) is 52.2 Å². The second-order valence-electron chi connectivity index (χ2n) is 7.60. The van der Waals surface area contributed by atoms with E-state index in [2.05, 4.69) is 20.7 Å². The molecule has 11 heteroatoms. The van der Waals surface area contributed by atoms with Crippen LogP contribution in [0.3, 0.4) is 0 Å². The summed E-state index contributed by atoms with van der Waals surface area (Å²) in [5, 5.41) is 4.67. The fourth-order valence-corrected chi connectivity index (χ4v) is 4.54. The standard InChI is InChI=1S/C21H21N5O5S/c1-12-7-10-14(32(30,31)25-13-8-9-13)11-17(12)19(27)22-23-20(28)18-15-5-3-4-6-16(15)21(29)26(2)24-18/h3-7,10-11,13,25H,8-9H2,1-2H3,(H,22,27)(H,23,28). The number of rotatable bonds is 5. The average molecular weight is 455 g/mol. The van der Waals surface area contributed by atoms with Gasteiger partial charge in [-0.2, -0.15) is 5.10 Å². The van der Waals surface area contributed by atoms with Crippen LogP contribution in [0.5, 0.6) is 0 Å². The maximum atomic E-state index is 12.7. The van der Waals surface area contributed by atoms with Crippen LogP contribution in [-0.2, 0) is 17.1 Å². The van der Waals surface area contributed by atoms with E-state index in [0.717, 1.165) is 17.5 Å². The molecule has 0 saturated heterocycles. The van der Waals surface area contributed by atoms with Gasteiger partial charge in [-0.1, -0.05) is 24.3 Å². The van der Waals surface area contributed by atoms with Gasteiger partial charge in [0, 0.05) is 24.0 Å². The second-order valence-corrected chi connectivity index (χ2v) is 9.32. The molecule has 0 unspecified atom stereocenters. The summed E-state index contributed by atoms with van der Waals surface area (Å²) in [5.41, 5.74) is 4.81. The van der Waals surface area contributed by atoms with Crippen LogP contribution in [0.2, 0.25) is 0 Å². The number of nitrogens with zero attached hydrogens (tertiary/aromatic N) is 2. The first-order valence-corrected chi connectivity index (χ1v) is 11.4. The maximum absolute atomic E-state index is 12.7. The lowest BCUT2D eigenvalue weighted by atomic mass is 10.1. The van der Waals surface area contributed by atoms with Crippen molar-refractivity contribution in [3.8, 4) is 0 Å². The van der Waals surface area contributed by atoms with Crippen molar-refractivity contribution in [3.05, 3.63) is 69.6 Å². The summed E-state index contributed by atoms with van der Waals surface area (Å²) in [5.74, 6) is -1.41. The van der Waals surface area contributed by atoms with E-state index in [4.69, 9.17) is 0 Å². The zero-order chi connectivity index (χ0) is 23.0. The van der Waals surface area contributed by atoms with Gasteiger partial charge < -0.3 is 0 Å². The number of nitrogens with one attached hydrogen (secondary N) is 3. The Kier molecular flexibility index (Phi) is 5.53. The van der Waals surface area contributed by atoms with Crippen molar-refractivity contribution in [2.24, 2.45) is 7.05 Å². The summed E-state index contributed by atoms with van der Waals surface area (Å²) < 4.78 is 28.5. The average Bonchev–Trinajstić information content (AvgIpc) is 3.57. The van der Waals surface area contributed by atoms with Crippen molar-refractivity contribution in [2.75, 3.05) is 0 Å². The first-order valence-electron chi connectivity index (χ1n) is 9.87. The van der Waals surface area contributed by atoms with Crippen molar-refractivity contribution in [3.63, 3.8) is 0 Å². The van der Waals surface area contributed by atoms with Crippen LogP contribution in [-0.4, -0.2) is 36.1 Å². The number of carbonyl (C=O) groups excluding carboxylic acids is 2. The van der Waals surface area contributed by atoms with E-state index in [9.17, 15) is 22.8 Å². The minimum atomic E-state index is -3.74. The smallest absolute Gasteiger partial charge is 0.267 e. The van der Waals surface area contributed by atoms with Crippen molar-refractivity contribution in [1.82, 2.24) is 25.4 Å². The maximum Gasteiger partial charge on any atom is 0.290 e. The summed E-state index contributed by atoms with van der Waals surface area (Å²) >= 11 is 0. The molecular weight excluding hydrogens is 434 g/mol. The molecule has 2 aromatic carbocycles.